The summed E-state index contributed by atoms with van der Waals surface area (Å²) in [5, 5.41) is 26.8. The Balaban J connectivity index is -0.0000000840. The molecule has 0 amide bonds. The van der Waals surface area contributed by atoms with E-state index in [0.29, 0.717) is 0 Å². The summed E-state index contributed by atoms with van der Waals surface area (Å²) in [4.78, 5) is 0. The van der Waals surface area contributed by atoms with Gasteiger partial charge in [-0.2, -0.15) is 17.7 Å². The van der Waals surface area contributed by atoms with Crippen molar-refractivity contribution in [3.8, 4) is 0 Å². The van der Waals surface area contributed by atoms with Crippen molar-refractivity contribution in [2.75, 3.05) is 19.8 Å². The second-order valence-electron chi connectivity index (χ2n) is 2.91. The van der Waals surface area contributed by atoms with Crippen molar-refractivity contribution in [1.29, 1.82) is 0 Å². The smallest absolute Gasteiger partial charge is 0.855 e. The molecule has 0 aliphatic rings. The maximum absolute atomic E-state index is 8.93. The van der Waals surface area contributed by atoms with E-state index in [9.17, 15) is 0 Å². The van der Waals surface area contributed by atoms with Crippen LogP contribution in [0.2, 0.25) is 0 Å². The van der Waals surface area contributed by atoms with Crippen molar-refractivity contribution >= 4 is 0 Å². The van der Waals surface area contributed by atoms with Crippen LogP contribution in [-0.2, 0) is 32.3 Å². The summed E-state index contributed by atoms with van der Waals surface area (Å²) < 4.78 is 0. The van der Waals surface area contributed by atoms with Gasteiger partial charge < -0.3 is 15.3 Å². The number of hydrogen-bond acceptors (Lipinski definition) is 3. The minimum Gasteiger partial charge on any atom is -0.855 e. The monoisotopic (exact) mass is 422 g/mol. The predicted molar refractivity (Wildman–Crippen MR) is 67.7 cm³/mol. The molecule has 18 heavy (non-hydrogen) atoms. The summed E-state index contributed by atoms with van der Waals surface area (Å²) in [7, 11) is 0. The van der Waals surface area contributed by atoms with Gasteiger partial charge in [-0.05, 0) is 0 Å². The Bertz CT molecular complexity index is 172. The first-order chi connectivity index (χ1) is 8.17. The number of hydrogen-bond donors (Lipinski definition) is 0. The van der Waals surface area contributed by atoms with Crippen LogP contribution in [0.4, 0.5) is 0 Å². The fourth-order valence-electron chi connectivity index (χ4n) is 0.869. The average Bonchev–Trinajstić information content (AvgIpc) is 2.75. The SMILES string of the molecule is CCC[c-]1cccc1.CC[O-].CC[O-].CC[O-].[Hf+4]. The van der Waals surface area contributed by atoms with Gasteiger partial charge in [0.2, 0.25) is 0 Å². The molecule has 1 aromatic rings. The van der Waals surface area contributed by atoms with Crippen LogP contribution in [0.15, 0.2) is 24.3 Å². The van der Waals surface area contributed by atoms with Crippen LogP contribution in [0.25, 0.3) is 0 Å². The molecule has 0 aromatic heterocycles. The van der Waals surface area contributed by atoms with Crippen LogP contribution in [0.1, 0.15) is 39.7 Å². The molecule has 1 aromatic carbocycles. The van der Waals surface area contributed by atoms with E-state index in [1.54, 1.807) is 20.8 Å². The Hall–Kier alpha value is 0.100. The molecule has 0 spiro atoms. The summed E-state index contributed by atoms with van der Waals surface area (Å²) in [6, 6.07) is 8.52. The van der Waals surface area contributed by atoms with E-state index < -0.39 is 0 Å². The predicted octanol–water partition coefficient (Wildman–Crippen LogP) is 0.455. The van der Waals surface area contributed by atoms with Gasteiger partial charge in [0.15, 0.2) is 0 Å². The maximum Gasteiger partial charge on any atom is 4.00 e. The number of rotatable bonds is 2. The fourth-order valence-corrected chi connectivity index (χ4v) is 0.869. The molecule has 4 heteroatoms. The van der Waals surface area contributed by atoms with Gasteiger partial charge in [-0.3, -0.25) is 0 Å². The second kappa shape index (κ2) is 30.3. The van der Waals surface area contributed by atoms with Crippen molar-refractivity contribution < 1.29 is 41.2 Å². The Morgan fingerprint density at radius 1 is 0.778 bits per heavy atom. The summed E-state index contributed by atoms with van der Waals surface area (Å²) in [6.07, 6.45) is 2.48. The summed E-state index contributed by atoms with van der Waals surface area (Å²) in [6.45, 7) is 6.91. The zero-order valence-electron chi connectivity index (χ0n) is 12.1. The molecule has 0 N–H and O–H groups in total. The van der Waals surface area contributed by atoms with Crippen LogP contribution in [0, 0.1) is 0 Å². The van der Waals surface area contributed by atoms with Gasteiger partial charge in [-0.1, -0.05) is 40.5 Å². The maximum atomic E-state index is 8.93. The normalized spacial score (nSPS) is 7.28. The molecule has 3 nitrogen and oxygen atoms in total. The summed E-state index contributed by atoms with van der Waals surface area (Å²) >= 11 is 0. The molecule has 104 valence electrons. The standard InChI is InChI=1S/C8H11.3C2H5O.Hf/c1-2-5-8-6-3-4-7-8;3*1-2-3;/h3-4,6-7H,2,5H2,1H3;3*2H2,1H3;/q4*-1;+4. The van der Waals surface area contributed by atoms with Crippen molar-refractivity contribution in [2.24, 2.45) is 0 Å². The summed E-state index contributed by atoms with van der Waals surface area (Å²) in [5.74, 6) is 0. The van der Waals surface area contributed by atoms with Crippen molar-refractivity contribution in [2.45, 2.75) is 40.5 Å². The first-order valence-electron chi connectivity index (χ1n) is 6.13. The minimum atomic E-state index is 0. The molecule has 0 heterocycles. The second-order valence-corrected chi connectivity index (χ2v) is 2.91. The van der Waals surface area contributed by atoms with E-state index in [1.165, 1.54) is 18.4 Å². The van der Waals surface area contributed by atoms with Gasteiger partial charge in [0, 0.05) is 0 Å². The van der Waals surface area contributed by atoms with Crippen molar-refractivity contribution in [3.05, 3.63) is 29.8 Å². The van der Waals surface area contributed by atoms with Gasteiger partial charge >= 0.3 is 25.8 Å². The van der Waals surface area contributed by atoms with E-state index in [-0.39, 0.29) is 45.7 Å². The average molecular weight is 421 g/mol. The van der Waals surface area contributed by atoms with Gasteiger partial charge in [0.05, 0.1) is 0 Å². The van der Waals surface area contributed by atoms with Crippen LogP contribution in [0.3, 0.4) is 0 Å². The third-order valence-corrected chi connectivity index (χ3v) is 1.27. The van der Waals surface area contributed by atoms with Crippen LogP contribution < -0.4 is 15.3 Å². The van der Waals surface area contributed by atoms with Crippen molar-refractivity contribution in [1.82, 2.24) is 0 Å². The molecule has 0 fully saturated rings. The van der Waals surface area contributed by atoms with Gasteiger partial charge in [-0.25, -0.2) is 12.1 Å². The molecule has 1 rings (SSSR count). The quantitative estimate of drug-likeness (QED) is 0.515. The molecular formula is C14H26HfO3. The van der Waals surface area contributed by atoms with Crippen LogP contribution in [0.5, 0.6) is 0 Å². The zero-order chi connectivity index (χ0) is 13.9. The van der Waals surface area contributed by atoms with Gasteiger partial charge in [0.25, 0.3) is 0 Å². The van der Waals surface area contributed by atoms with Gasteiger partial charge in [0.1, 0.15) is 0 Å². The first kappa shape index (κ1) is 26.6. The molecule has 0 unspecified atom stereocenters. The summed E-state index contributed by atoms with van der Waals surface area (Å²) in [5.41, 5.74) is 1.47. The molecular weight excluding hydrogens is 395 g/mol. The van der Waals surface area contributed by atoms with E-state index in [4.69, 9.17) is 15.3 Å². The zero-order valence-corrected chi connectivity index (χ0v) is 15.7. The third-order valence-electron chi connectivity index (χ3n) is 1.27. The van der Waals surface area contributed by atoms with E-state index in [1.807, 2.05) is 0 Å². The largest absolute Gasteiger partial charge is 4.00 e. The minimum absolute atomic E-state index is 0. The van der Waals surface area contributed by atoms with E-state index in [2.05, 4.69) is 31.2 Å². The Labute approximate surface area is 131 Å². The molecule has 0 radical (unpaired) electrons. The fraction of sp³-hybridized carbons (Fsp3) is 0.643. The van der Waals surface area contributed by atoms with Crippen molar-refractivity contribution in [3.63, 3.8) is 0 Å². The van der Waals surface area contributed by atoms with Crippen LogP contribution >= 0.6 is 0 Å². The van der Waals surface area contributed by atoms with E-state index >= 15 is 0 Å². The molecule has 0 atom stereocenters. The molecule has 0 saturated carbocycles. The Morgan fingerprint density at radius 3 is 1.28 bits per heavy atom. The molecule has 0 aliphatic carbocycles. The van der Waals surface area contributed by atoms with E-state index in [0.717, 1.165) is 0 Å². The molecule has 0 saturated heterocycles. The Kier molecular flexibility index (Phi) is 44.8. The van der Waals surface area contributed by atoms with Gasteiger partial charge in [-0.15, -0.1) is 19.8 Å². The van der Waals surface area contributed by atoms with Crippen LogP contribution in [-0.4, -0.2) is 19.8 Å². The topological polar surface area (TPSA) is 69.2 Å². The molecule has 0 aliphatic heterocycles. The first-order valence-corrected chi connectivity index (χ1v) is 6.13. The number of aryl methyl sites for hydroxylation is 1. The molecule has 0 bridgehead atoms. The Morgan fingerprint density at radius 2 is 1.06 bits per heavy atom. The third kappa shape index (κ3) is 36.0.